The quantitative estimate of drug-likeness (QED) is 0.225. The fraction of sp³-hybridized carbons (Fsp3) is 0.417. The van der Waals surface area contributed by atoms with E-state index >= 15 is 0 Å². The summed E-state index contributed by atoms with van der Waals surface area (Å²) < 4.78 is 11.4. The van der Waals surface area contributed by atoms with Crippen molar-refractivity contribution in [3.63, 3.8) is 0 Å². The van der Waals surface area contributed by atoms with Gasteiger partial charge in [0.25, 0.3) is 0 Å². The van der Waals surface area contributed by atoms with Crippen molar-refractivity contribution < 1.29 is 24.5 Å². The van der Waals surface area contributed by atoms with E-state index < -0.39 is 12.2 Å². The number of hydrogen-bond acceptors (Lipinski definition) is 7. The average Bonchev–Trinajstić information content (AvgIpc) is 3.24. The lowest BCUT2D eigenvalue weighted by molar-refractivity contribution is 0.106. The molecule has 11 heteroatoms. The van der Waals surface area contributed by atoms with Crippen LogP contribution in [0.4, 0.5) is 10.5 Å². The maximum atomic E-state index is 11.5. The van der Waals surface area contributed by atoms with Crippen molar-refractivity contribution in [1.29, 1.82) is 0 Å². The predicted octanol–water partition coefficient (Wildman–Crippen LogP) is 1.82. The first-order valence-electron chi connectivity index (χ1n) is 11.7. The van der Waals surface area contributed by atoms with Gasteiger partial charge in [0.15, 0.2) is 0 Å². The zero-order chi connectivity index (χ0) is 24.6. The van der Waals surface area contributed by atoms with Crippen LogP contribution in [0, 0.1) is 0 Å². The van der Waals surface area contributed by atoms with Crippen LogP contribution >= 0.6 is 0 Å². The van der Waals surface area contributed by atoms with E-state index in [4.69, 9.17) is 14.6 Å². The van der Waals surface area contributed by atoms with E-state index in [-0.39, 0.29) is 18.3 Å². The normalized spacial score (nSPS) is 15.2. The number of imidazole rings is 1. The number of nitrogens with one attached hydrogen (secondary N) is 4. The van der Waals surface area contributed by atoms with Crippen molar-refractivity contribution in [1.82, 2.24) is 20.2 Å². The van der Waals surface area contributed by atoms with Crippen LogP contribution in [0.2, 0.25) is 0 Å². The second-order valence-electron chi connectivity index (χ2n) is 8.49. The number of aromatic nitrogens is 2. The Kier molecular flexibility index (Phi) is 8.11. The van der Waals surface area contributed by atoms with Gasteiger partial charge in [-0.15, -0.1) is 0 Å². The molecule has 11 nitrogen and oxygen atoms in total. The van der Waals surface area contributed by atoms with Crippen molar-refractivity contribution in [3.8, 4) is 11.5 Å². The highest BCUT2D eigenvalue weighted by Gasteiger charge is 2.22. The summed E-state index contributed by atoms with van der Waals surface area (Å²) in [5.74, 6) is 1.25. The van der Waals surface area contributed by atoms with E-state index in [9.17, 15) is 14.7 Å². The topological polar surface area (TPSA) is 152 Å². The fourth-order valence-corrected chi connectivity index (χ4v) is 4.00. The van der Waals surface area contributed by atoms with Crippen LogP contribution in [-0.4, -0.2) is 82.7 Å². The molecule has 2 aromatic carbocycles. The molecule has 1 atom stereocenters. The molecule has 4 rings (SSSR count). The summed E-state index contributed by atoms with van der Waals surface area (Å²) in [4.78, 5) is 29.2. The highest BCUT2D eigenvalue weighted by atomic mass is 16.5. The first-order valence-corrected chi connectivity index (χ1v) is 11.7. The maximum absolute atomic E-state index is 11.5. The number of amides is 1. The van der Waals surface area contributed by atoms with Crippen molar-refractivity contribution in [2.75, 3.05) is 44.7 Å². The van der Waals surface area contributed by atoms with E-state index in [1.54, 1.807) is 18.2 Å². The smallest absolute Gasteiger partial charge is 0.407 e. The number of H-pyrrole nitrogens is 2. The Morgan fingerprint density at radius 1 is 1.11 bits per heavy atom. The molecule has 2 heterocycles. The SMILES string of the molecule is O=C(O)N1CCC(Nc2ccc(OCCNC[C@H](O)COc3cccc4[nH]c(=O)[nH]c34)cc2)CC1. The van der Waals surface area contributed by atoms with Gasteiger partial charge in [-0.2, -0.15) is 0 Å². The molecule has 0 spiro atoms. The van der Waals surface area contributed by atoms with E-state index in [1.165, 1.54) is 4.90 Å². The summed E-state index contributed by atoms with van der Waals surface area (Å²) in [7, 11) is 0. The number of benzene rings is 2. The molecule has 1 aromatic heterocycles. The summed E-state index contributed by atoms with van der Waals surface area (Å²) in [6.07, 6.45) is -0.00175. The number of anilines is 1. The van der Waals surface area contributed by atoms with Gasteiger partial charge in [-0.1, -0.05) is 6.07 Å². The van der Waals surface area contributed by atoms with Crippen molar-refractivity contribution in [2.45, 2.75) is 25.0 Å². The molecule has 188 valence electrons. The molecule has 0 saturated carbocycles. The van der Waals surface area contributed by atoms with Gasteiger partial charge < -0.3 is 45.2 Å². The first-order chi connectivity index (χ1) is 17.0. The molecule has 0 unspecified atom stereocenters. The number of aliphatic hydroxyl groups is 1. The van der Waals surface area contributed by atoms with Gasteiger partial charge in [-0.05, 0) is 49.2 Å². The number of carbonyl (C=O) groups is 1. The van der Waals surface area contributed by atoms with E-state index in [2.05, 4.69) is 20.6 Å². The van der Waals surface area contributed by atoms with Crippen LogP contribution in [0.3, 0.4) is 0 Å². The molecule has 35 heavy (non-hydrogen) atoms. The molecule has 0 radical (unpaired) electrons. The lowest BCUT2D eigenvalue weighted by Gasteiger charge is -2.31. The zero-order valence-electron chi connectivity index (χ0n) is 19.3. The number of likely N-dealkylation sites (tertiary alicyclic amines) is 1. The number of aliphatic hydroxyl groups excluding tert-OH is 1. The second kappa shape index (κ2) is 11.6. The third-order valence-electron chi connectivity index (χ3n) is 5.86. The summed E-state index contributed by atoms with van der Waals surface area (Å²) in [5, 5.41) is 25.8. The number of rotatable bonds is 11. The largest absolute Gasteiger partial charge is 0.492 e. The number of para-hydroxylation sites is 1. The maximum Gasteiger partial charge on any atom is 0.407 e. The third kappa shape index (κ3) is 6.90. The lowest BCUT2D eigenvalue weighted by atomic mass is 10.1. The number of nitrogens with zero attached hydrogens (tertiary/aromatic N) is 1. The van der Waals surface area contributed by atoms with E-state index in [1.807, 2.05) is 24.3 Å². The highest BCUT2D eigenvalue weighted by Crippen LogP contribution is 2.21. The van der Waals surface area contributed by atoms with Crippen LogP contribution in [0.15, 0.2) is 47.3 Å². The summed E-state index contributed by atoms with van der Waals surface area (Å²) in [6.45, 7) is 2.52. The number of piperidine rings is 1. The van der Waals surface area contributed by atoms with Gasteiger partial charge in [0.05, 0.1) is 5.52 Å². The first kappa shape index (κ1) is 24.4. The molecule has 0 aliphatic carbocycles. The Labute approximate surface area is 202 Å². The van der Waals surface area contributed by atoms with Crippen LogP contribution in [0.1, 0.15) is 12.8 Å². The third-order valence-corrected chi connectivity index (χ3v) is 5.86. The van der Waals surface area contributed by atoms with Gasteiger partial charge in [0.1, 0.15) is 36.3 Å². The van der Waals surface area contributed by atoms with Gasteiger partial charge in [-0.3, -0.25) is 0 Å². The van der Waals surface area contributed by atoms with Crippen molar-refractivity contribution >= 4 is 22.8 Å². The predicted molar refractivity (Wildman–Crippen MR) is 131 cm³/mol. The highest BCUT2D eigenvalue weighted by molar-refractivity contribution is 5.81. The van der Waals surface area contributed by atoms with Gasteiger partial charge >= 0.3 is 11.8 Å². The van der Waals surface area contributed by atoms with Crippen LogP contribution in [0.25, 0.3) is 11.0 Å². The van der Waals surface area contributed by atoms with Gasteiger partial charge in [-0.25, -0.2) is 9.59 Å². The zero-order valence-corrected chi connectivity index (χ0v) is 19.3. The molecule has 1 fully saturated rings. The monoisotopic (exact) mass is 485 g/mol. The van der Waals surface area contributed by atoms with Crippen molar-refractivity contribution in [3.05, 3.63) is 52.9 Å². The molecule has 6 N–H and O–H groups in total. The minimum atomic E-state index is -0.855. The number of carboxylic acid groups (broad SMARTS) is 1. The number of aromatic amines is 2. The van der Waals surface area contributed by atoms with Crippen LogP contribution in [0.5, 0.6) is 11.5 Å². The molecule has 1 amide bonds. The van der Waals surface area contributed by atoms with E-state index in [0.29, 0.717) is 49.6 Å². The molecule has 1 saturated heterocycles. The van der Waals surface area contributed by atoms with Crippen LogP contribution < -0.4 is 25.8 Å². The van der Waals surface area contributed by atoms with E-state index in [0.717, 1.165) is 24.3 Å². The molecule has 0 bridgehead atoms. The minimum absolute atomic E-state index is 0.0873. The number of ether oxygens (including phenoxy) is 2. The Balaban J connectivity index is 1.10. The number of fused-ring (bicyclic) bond motifs is 1. The molecule has 3 aromatic rings. The summed E-state index contributed by atoms with van der Waals surface area (Å²) in [5.41, 5.74) is 1.91. The van der Waals surface area contributed by atoms with Gasteiger partial charge in [0.2, 0.25) is 0 Å². The lowest BCUT2D eigenvalue weighted by Crippen LogP contribution is -2.41. The molecular weight excluding hydrogens is 454 g/mol. The van der Waals surface area contributed by atoms with Gasteiger partial charge in [0, 0.05) is 37.9 Å². The molecular formula is C24H31N5O6. The Hall–Kier alpha value is -3.70. The molecule has 1 aliphatic rings. The minimum Gasteiger partial charge on any atom is -0.492 e. The van der Waals surface area contributed by atoms with Crippen molar-refractivity contribution in [2.24, 2.45) is 0 Å². The Morgan fingerprint density at radius 2 is 1.89 bits per heavy atom. The standard InChI is InChI=1S/C24H31N5O6/c30-18(15-35-21-3-1-2-20-22(21)28-23(31)27-20)14-25-10-13-34-19-6-4-16(5-7-19)26-17-8-11-29(12-9-17)24(32)33/h1-7,17-18,25-26,30H,8-15H2,(H,32,33)(H2,27,28,31)/t18-/m0/s1. The average molecular weight is 486 g/mol. The Bertz CT molecular complexity index is 1150. The molecule has 1 aliphatic heterocycles. The second-order valence-corrected chi connectivity index (χ2v) is 8.49. The number of hydrogen-bond donors (Lipinski definition) is 6. The summed E-state index contributed by atoms with van der Waals surface area (Å²) in [6, 6.07) is 13.2. The fourth-order valence-electron chi connectivity index (χ4n) is 4.00. The summed E-state index contributed by atoms with van der Waals surface area (Å²) >= 11 is 0. The van der Waals surface area contributed by atoms with Crippen LogP contribution in [-0.2, 0) is 0 Å². The Morgan fingerprint density at radius 3 is 2.63 bits per heavy atom.